The minimum Gasteiger partial charge on any atom is -0.453 e. The van der Waals surface area contributed by atoms with Crippen LogP contribution in [0.25, 0.3) is 0 Å². The van der Waals surface area contributed by atoms with Gasteiger partial charge in [0, 0.05) is 0 Å². The zero-order valence-corrected chi connectivity index (χ0v) is 8.54. The molecule has 12 heavy (non-hydrogen) atoms. The summed E-state index contributed by atoms with van der Waals surface area (Å²) >= 11 is 3.26. The summed E-state index contributed by atoms with van der Waals surface area (Å²) in [6, 6.07) is 3.92. The SMILES string of the molecule is CC1CC1C(N)c1ccc(Br)o1. The average Bonchev–Trinajstić information content (AvgIpc) is 2.58. The Morgan fingerprint density at radius 2 is 2.33 bits per heavy atom. The molecule has 0 aromatic carbocycles. The van der Waals surface area contributed by atoms with Crippen LogP contribution in [0.5, 0.6) is 0 Å². The van der Waals surface area contributed by atoms with E-state index in [1.807, 2.05) is 12.1 Å². The molecule has 0 amide bonds. The largest absolute Gasteiger partial charge is 0.453 e. The van der Waals surface area contributed by atoms with E-state index in [4.69, 9.17) is 10.2 Å². The highest BCUT2D eigenvalue weighted by atomic mass is 79.9. The van der Waals surface area contributed by atoms with Crippen molar-refractivity contribution < 1.29 is 4.42 Å². The van der Waals surface area contributed by atoms with Crippen molar-refractivity contribution in [1.82, 2.24) is 0 Å². The monoisotopic (exact) mass is 229 g/mol. The standard InChI is InChI=1S/C9H12BrNO/c1-5-4-6(5)9(11)7-2-3-8(10)12-7/h2-3,5-6,9H,4,11H2,1H3. The molecule has 0 aliphatic heterocycles. The van der Waals surface area contributed by atoms with E-state index in [0.29, 0.717) is 5.92 Å². The van der Waals surface area contributed by atoms with Crippen LogP contribution in [0.2, 0.25) is 0 Å². The molecule has 0 radical (unpaired) electrons. The van der Waals surface area contributed by atoms with Crippen molar-refractivity contribution in [2.75, 3.05) is 0 Å². The van der Waals surface area contributed by atoms with Crippen LogP contribution in [-0.2, 0) is 0 Å². The van der Waals surface area contributed by atoms with Crippen LogP contribution < -0.4 is 5.73 Å². The Labute approximate surface area is 80.3 Å². The van der Waals surface area contributed by atoms with Gasteiger partial charge in [-0.25, -0.2) is 0 Å². The number of hydrogen-bond donors (Lipinski definition) is 1. The molecule has 1 fully saturated rings. The Morgan fingerprint density at radius 3 is 2.75 bits per heavy atom. The van der Waals surface area contributed by atoms with Gasteiger partial charge in [-0.3, -0.25) is 0 Å². The zero-order valence-electron chi connectivity index (χ0n) is 6.96. The zero-order chi connectivity index (χ0) is 8.72. The summed E-state index contributed by atoms with van der Waals surface area (Å²) in [4.78, 5) is 0. The lowest BCUT2D eigenvalue weighted by Crippen LogP contribution is -2.12. The number of hydrogen-bond acceptors (Lipinski definition) is 2. The molecule has 0 saturated heterocycles. The van der Waals surface area contributed by atoms with Crippen LogP contribution in [0, 0.1) is 11.8 Å². The molecular formula is C9H12BrNO. The third kappa shape index (κ3) is 1.43. The maximum Gasteiger partial charge on any atom is 0.169 e. The molecule has 1 heterocycles. The highest BCUT2D eigenvalue weighted by Gasteiger charge is 2.39. The predicted molar refractivity (Wildman–Crippen MR) is 50.6 cm³/mol. The minimum absolute atomic E-state index is 0.0892. The van der Waals surface area contributed by atoms with Crippen LogP contribution in [-0.4, -0.2) is 0 Å². The molecule has 0 spiro atoms. The Kier molecular flexibility index (Phi) is 2.00. The molecule has 0 bridgehead atoms. The summed E-state index contributed by atoms with van der Waals surface area (Å²) in [6.07, 6.45) is 1.24. The van der Waals surface area contributed by atoms with E-state index in [1.165, 1.54) is 6.42 Å². The highest BCUT2D eigenvalue weighted by molar-refractivity contribution is 9.10. The second kappa shape index (κ2) is 2.89. The third-order valence-electron chi connectivity index (χ3n) is 2.56. The predicted octanol–water partition coefficient (Wildman–Crippen LogP) is 2.70. The lowest BCUT2D eigenvalue weighted by Gasteiger charge is -2.05. The number of rotatable bonds is 2. The van der Waals surface area contributed by atoms with Gasteiger partial charge in [0.25, 0.3) is 0 Å². The van der Waals surface area contributed by atoms with Gasteiger partial charge in [-0.1, -0.05) is 6.92 Å². The quantitative estimate of drug-likeness (QED) is 0.848. The molecular weight excluding hydrogens is 218 g/mol. The van der Waals surface area contributed by atoms with Gasteiger partial charge in [0.1, 0.15) is 5.76 Å². The molecule has 1 aliphatic carbocycles. The Balaban J connectivity index is 2.09. The topological polar surface area (TPSA) is 39.2 Å². The summed E-state index contributed by atoms with van der Waals surface area (Å²) in [5, 5.41) is 0. The molecule has 2 rings (SSSR count). The van der Waals surface area contributed by atoms with Crippen molar-refractivity contribution in [2.45, 2.75) is 19.4 Å². The normalized spacial score (nSPS) is 30.2. The Morgan fingerprint density at radius 1 is 1.67 bits per heavy atom. The first-order valence-corrected chi connectivity index (χ1v) is 4.98. The maximum absolute atomic E-state index is 5.99. The second-order valence-corrected chi connectivity index (χ2v) is 4.33. The van der Waals surface area contributed by atoms with Crippen molar-refractivity contribution in [1.29, 1.82) is 0 Å². The minimum atomic E-state index is 0.0892. The van der Waals surface area contributed by atoms with Crippen LogP contribution in [0.15, 0.2) is 21.2 Å². The van der Waals surface area contributed by atoms with Gasteiger partial charge in [0.15, 0.2) is 4.67 Å². The molecule has 1 saturated carbocycles. The number of halogens is 1. The van der Waals surface area contributed by atoms with E-state index < -0.39 is 0 Å². The van der Waals surface area contributed by atoms with Gasteiger partial charge in [-0.2, -0.15) is 0 Å². The van der Waals surface area contributed by atoms with E-state index in [9.17, 15) is 0 Å². The fourth-order valence-electron chi connectivity index (χ4n) is 1.57. The molecule has 66 valence electrons. The first-order valence-electron chi connectivity index (χ1n) is 4.19. The van der Waals surface area contributed by atoms with Crippen LogP contribution in [0.4, 0.5) is 0 Å². The van der Waals surface area contributed by atoms with Gasteiger partial charge < -0.3 is 10.2 Å². The smallest absolute Gasteiger partial charge is 0.169 e. The molecule has 2 N–H and O–H groups in total. The third-order valence-corrected chi connectivity index (χ3v) is 2.98. The fraction of sp³-hybridized carbons (Fsp3) is 0.556. The van der Waals surface area contributed by atoms with E-state index in [2.05, 4.69) is 22.9 Å². The van der Waals surface area contributed by atoms with E-state index in [-0.39, 0.29) is 6.04 Å². The summed E-state index contributed by atoms with van der Waals surface area (Å²) in [5.74, 6) is 2.29. The van der Waals surface area contributed by atoms with E-state index >= 15 is 0 Å². The number of nitrogens with two attached hydrogens (primary N) is 1. The lowest BCUT2D eigenvalue weighted by atomic mass is 10.1. The molecule has 1 aromatic heterocycles. The first-order chi connectivity index (χ1) is 5.68. The van der Waals surface area contributed by atoms with Gasteiger partial charge in [-0.15, -0.1) is 0 Å². The number of furan rings is 1. The molecule has 1 aromatic rings. The molecule has 2 nitrogen and oxygen atoms in total. The van der Waals surface area contributed by atoms with Crippen LogP contribution in [0.3, 0.4) is 0 Å². The van der Waals surface area contributed by atoms with Crippen molar-refractivity contribution in [3.05, 3.63) is 22.6 Å². The van der Waals surface area contributed by atoms with Gasteiger partial charge in [-0.05, 0) is 46.3 Å². The van der Waals surface area contributed by atoms with Gasteiger partial charge in [0.05, 0.1) is 6.04 Å². The molecule has 3 heteroatoms. The molecule has 3 unspecified atom stereocenters. The molecule has 3 atom stereocenters. The van der Waals surface area contributed by atoms with Crippen molar-refractivity contribution in [3.63, 3.8) is 0 Å². The summed E-state index contributed by atoms with van der Waals surface area (Å²) in [6.45, 7) is 2.22. The van der Waals surface area contributed by atoms with Crippen molar-refractivity contribution in [2.24, 2.45) is 17.6 Å². The maximum atomic E-state index is 5.99. The lowest BCUT2D eigenvalue weighted by molar-refractivity contribution is 0.420. The summed E-state index contributed by atoms with van der Waals surface area (Å²) in [5.41, 5.74) is 5.99. The second-order valence-electron chi connectivity index (χ2n) is 3.54. The van der Waals surface area contributed by atoms with Crippen LogP contribution in [0.1, 0.15) is 25.1 Å². The van der Waals surface area contributed by atoms with Gasteiger partial charge >= 0.3 is 0 Å². The summed E-state index contributed by atoms with van der Waals surface area (Å²) < 4.78 is 6.15. The first kappa shape index (κ1) is 8.32. The summed E-state index contributed by atoms with van der Waals surface area (Å²) in [7, 11) is 0. The van der Waals surface area contributed by atoms with E-state index in [0.717, 1.165) is 16.3 Å². The van der Waals surface area contributed by atoms with Crippen LogP contribution >= 0.6 is 15.9 Å². The van der Waals surface area contributed by atoms with Crippen molar-refractivity contribution in [3.8, 4) is 0 Å². The van der Waals surface area contributed by atoms with Gasteiger partial charge in [0.2, 0.25) is 0 Å². The highest BCUT2D eigenvalue weighted by Crippen LogP contribution is 2.46. The Bertz CT molecular complexity index is 284. The van der Waals surface area contributed by atoms with Crippen molar-refractivity contribution >= 4 is 15.9 Å². The Hall–Kier alpha value is -0.280. The average molecular weight is 230 g/mol. The molecule has 1 aliphatic rings. The van der Waals surface area contributed by atoms with E-state index in [1.54, 1.807) is 0 Å². The fourth-order valence-corrected chi connectivity index (χ4v) is 1.89.